The van der Waals surface area contributed by atoms with E-state index in [1.54, 1.807) is 12.0 Å². The van der Waals surface area contributed by atoms with Crippen molar-refractivity contribution in [1.29, 1.82) is 0 Å². The number of amidine groups is 1. The Balaban J connectivity index is 1.65. The van der Waals surface area contributed by atoms with Crippen LogP contribution in [0.1, 0.15) is 30.3 Å². The highest BCUT2D eigenvalue weighted by molar-refractivity contribution is 8.18. The molecular weight excluding hydrogens is 458 g/mol. The Labute approximate surface area is 211 Å². The van der Waals surface area contributed by atoms with Gasteiger partial charge in [0.25, 0.3) is 5.91 Å². The fraction of sp³-hybridized carbons (Fsp3) is 0.286. The number of hydrogen-bond donors (Lipinski definition) is 0. The van der Waals surface area contributed by atoms with E-state index in [0.29, 0.717) is 29.8 Å². The molecule has 0 bridgehead atoms. The molecule has 3 aromatic rings. The number of carbonyl (C=O) groups is 1. The third-order valence-corrected chi connectivity index (χ3v) is 6.77. The summed E-state index contributed by atoms with van der Waals surface area (Å²) in [7, 11) is 1.67. The Bertz CT molecular complexity index is 1230. The van der Waals surface area contributed by atoms with E-state index >= 15 is 0 Å². The average Bonchev–Trinajstić information content (AvgIpc) is 3.30. The number of hydrogen-bond acceptors (Lipinski definition) is 5. The Kier molecular flexibility index (Phi) is 8.10. The van der Waals surface area contributed by atoms with Crippen molar-refractivity contribution in [3.05, 3.63) is 82.5 Å². The maximum atomic E-state index is 13.4. The molecule has 4 rings (SSSR count). The summed E-state index contributed by atoms with van der Waals surface area (Å²) in [4.78, 5) is 20.6. The summed E-state index contributed by atoms with van der Waals surface area (Å²) in [5.74, 6) is 0.833. The molecule has 1 aliphatic heterocycles. The van der Waals surface area contributed by atoms with Crippen molar-refractivity contribution >= 4 is 34.6 Å². The van der Waals surface area contributed by atoms with Crippen LogP contribution >= 0.6 is 11.8 Å². The number of aryl methyl sites for hydroxylation is 1. The Morgan fingerprint density at radius 1 is 1.06 bits per heavy atom. The van der Waals surface area contributed by atoms with E-state index in [1.807, 2.05) is 55.5 Å². The molecule has 0 unspecified atom stereocenters. The first-order valence-corrected chi connectivity index (χ1v) is 12.6. The zero-order chi connectivity index (χ0) is 24.8. The van der Waals surface area contributed by atoms with Gasteiger partial charge >= 0.3 is 0 Å². The van der Waals surface area contributed by atoms with E-state index < -0.39 is 0 Å². The molecule has 35 heavy (non-hydrogen) atoms. The summed E-state index contributed by atoms with van der Waals surface area (Å²) in [5.41, 5.74) is 5.08. The number of aromatic nitrogens is 1. The number of nitrogens with zero attached hydrogens (tertiary/aromatic N) is 3. The van der Waals surface area contributed by atoms with Crippen LogP contribution < -0.4 is 4.74 Å². The van der Waals surface area contributed by atoms with Crippen LogP contribution in [-0.4, -0.2) is 47.4 Å². The predicted octanol–water partition coefficient (Wildman–Crippen LogP) is 6.13. The highest BCUT2D eigenvalue weighted by Crippen LogP contribution is 2.35. The van der Waals surface area contributed by atoms with Crippen molar-refractivity contribution < 1.29 is 14.3 Å². The molecule has 0 atom stereocenters. The van der Waals surface area contributed by atoms with Gasteiger partial charge in [-0.2, -0.15) is 0 Å². The lowest BCUT2D eigenvalue weighted by Gasteiger charge is -2.15. The molecule has 0 aliphatic carbocycles. The van der Waals surface area contributed by atoms with Gasteiger partial charge in [-0.1, -0.05) is 18.2 Å². The minimum absolute atomic E-state index is 0.0216. The first kappa shape index (κ1) is 24.8. The van der Waals surface area contributed by atoms with E-state index in [-0.39, 0.29) is 5.91 Å². The standard InChI is InChI=1S/C28H31N3O3S/c1-5-34-25-14-12-24(13-15-25)31-20(2)18-22(21(31)3)19-26-27(32)30(16-9-17-33-4)28(35-26)29-23-10-7-6-8-11-23/h6-8,10-15,18-19H,5,9,16-17H2,1-4H3/b26-19-,29-28?. The molecule has 1 amide bonds. The average molecular weight is 490 g/mol. The Morgan fingerprint density at radius 2 is 1.80 bits per heavy atom. The number of carbonyl (C=O) groups excluding carboxylic acids is 1. The second-order valence-electron chi connectivity index (χ2n) is 8.23. The Morgan fingerprint density at radius 3 is 2.49 bits per heavy atom. The summed E-state index contributed by atoms with van der Waals surface area (Å²) in [6.45, 7) is 7.93. The van der Waals surface area contributed by atoms with Crippen molar-refractivity contribution in [2.45, 2.75) is 27.2 Å². The van der Waals surface area contributed by atoms with Crippen molar-refractivity contribution in [3.63, 3.8) is 0 Å². The third-order valence-electron chi connectivity index (χ3n) is 5.76. The maximum absolute atomic E-state index is 13.4. The lowest BCUT2D eigenvalue weighted by molar-refractivity contribution is -0.122. The summed E-state index contributed by atoms with van der Waals surface area (Å²) < 4.78 is 13.0. The number of aliphatic imine (C=N–C) groups is 1. The van der Waals surface area contributed by atoms with Gasteiger partial charge in [-0.15, -0.1) is 0 Å². The number of amides is 1. The van der Waals surface area contributed by atoms with Crippen molar-refractivity contribution in [1.82, 2.24) is 9.47 Å². The van der Waals surface area contributed by atoms with Crippen molar-refractivity contribution in [2.24, 2.45) is 4.99 Å². The summed E-state index contributed by atoms with van der Waals surface area (Å²) in [6.07, 6.45) is 2.73. The first-order valence-electron chi connectivity index (χ1n) is 11.8. The van der Waals surface area contributed by atoms with Gasteiger partial charge in [0.15, 0.2) is 5.17 Å². The van der Waals surface area contributed by atoms with Crippen LogP contribution in [0.4, 0.5) is 5.69 Å². The highest BCUT2D eigenvalue weighted by atomic mass is 32.2. The van der Waals surface area contributed by atoms with Gasteiger partial charge in [0.05, 0.1) is 17.2 Å². The first-order chi connectivity index (χ1) is 17.0. The molecule has 1 fully saturated rings. The number of benzene rings is 2. The van der Waals surface area contributed by atoms with Crippen LogP contribution in [-0.2, 0) is 9.53 Å². The molecule has 0 N–H and O–H groups in total. The summed E-state index contributed by atoms with van der Waals surface area (Å²) >= 11 is 1.42. The molecule has 2 heterocycles. The third kappa shape index (κ3) is 5.69. The zero-order valence-corrected chi connectivity index (χ0v) is 21.5. The second-order valence-corrected chi connectivity index (χ2v) is 9.24. The number of ether oxygens (including phenoxy) is 2. The normalized spacial score (nSPS) is 16.0. The van der Waals surface area contributed by atoms with E-state index in [0.717, 1.165) is 40.5 Å². The molecular formula is C28H31N3O3S. The monoisotopic (exact) mass is 489 g/mol. The molecule has 0 spiro atoms. The Hall–Kier alpha value is -3.29. The van der Waals surface area contributed by atoms with E-state index in [2.05, 4.69) is 36.6 Å². The number of thioether (sulfide) groups is 1. The molecule has 1 aliphatic rings. The van der Waals surface area contributed by atoms with Crippen LogP contribution in [0.2, 0.25) is 0 Å². The van der Waals surface area contributed by atoms with Gasteiger partial charge in [-0.25, -0.2) is 4.99 Å². The molecule has 7 heteroatoms. The van der Waals surface area contributed by atoms with Gasteiger partial charge < -0.3 is 14.0 Å². The van der Waals surface area contributed by atoms with Crippen molar-refractivity contribution in [3.8, 4) is 11.4 Å². The van der Waals surface area contributed by atoms with Gasteiger partial charge in [0.1, 0.15) is 5.75 Å². The summed E-state index contributed by atoms with van der Waals surface area (Å²) in [5, 5.41) is 0.698. The smallest absolute Gasteiger partial charge is 0.266 e. The van der Waals surface area contributed by atoms with Crippen LogP contribution in [0.25, 0.3) is 11.8 Å². The molecule has 0 radical (unpaired) electrons. The van der Waals surface area contributed by atoms with Crippen LogP contribution in [0.3, 0.4) is 0 Å². The minimum atomic E-state index is -0.0216. The molecule has 6 nitrogen and oxygen atoms in total. The largest absolute Gasteiger partial charge is 0.494 e. The number of methoxy groups -OCH3 is 1. The SMILES string of the molecule is CCOc1ccc(-n2c(C)cc(/C=C3\SC(=Nc4ccccc4)N(CCCOC)C3=O)c2C)cc1. The highest BCUT2D eigenvalue weighted by Gasteiger charge is 2.33. The lowest BCUT2D eigenvalue weighted by atomic mass is 10.2. The van der Waals surface area contributed by atoms with Gasteiger partial charge in [-0.3, -0.25) is 9.69 Å². The quantitative estimate of drug-likeness (QED) is 0.268. The lowest BCUT2D eigenvalue weighted by Crippen LogP contribution is -2.30. The molecule has 0 saturated carbocycles. The fourth-order valence-electron chi connectivity index (χ4n) is 4.10. The van der Waals surface area contributed by atoms with E-state index in [9.17, 15) is 4.79 Å². The fourth-order valence-corrected chi connectivity index (χ4v) is 5.11. The summed E-state index contributed by atoms with van der Waals surface area (Å²) in [6, 6.07) is 19.9. The predicted molar refractivity (Wildman–Crippen MR) is 144 cm³/mol. The van der Waals surface area contributed by atoms with Gasteiger partial charge in [0, 0.05) is 37.3 Å². The van der Waals surface area contributed by atoms with Gasteiger partial charge in [-0.05, 0) is 93.1 Å². The molecule has 182 valence electrons. The van der Waals surface area contributed by atoms with Crippen LogP contribution in [0.15, 0.2) is 70.6 Å². The molecule has 1 aromatic heterocycles. The molecule has 2 aromatic carbocycles. The molecule has 1 saturated heterocycles. The van der Waals surface area contributed by atoms with Crippen LogP contribution in [0.5, 0.6) is 5.75 Å². The maximum Gasteiger partial charge on any atom is 0.266 e. The van der Waals surface area contributed by atoms with Crippen LogP contribution in [0, 0.1) is 13.8 Å². The number of para-hydroxylation sites is 1. The van der Waals surface area contributed by atoms with Gasteiger partial charge in [0.2, 0.25) is 0 Å². The second kappa shape index (κ2) is 11.4. The minimum Gasteiger partial charge on any atom is -0.494 e. The number of rotatable bonds is 9. The van der Waals surface area contributed by atoms with E-state index in [4.69, 9.17) is 14.5 Å². The van der Waals surface area contributed by atoms with E-state index in [1.165, 1.54) is 11.8 Å². The van der Waals surface area contributed by atoms with Crippen molar-refractivity contribution in [2.75, 3.05) is 26.9 Å². The topological polar surface area (TPSA) is 56.1 Å². The zero-order valence-electron chi connectivity index (χ0n) is 20.7.